The lowest BCUT2D eigenvalue weighted by Crippen LogP contribution is -1.96. The Bertz CT molecular complexity index is 457. The van der Waals surface area contributed by atoms with Gasteiger partial charge < -0.3 is 10.3 Å². The molecule has 14 heavy (non-hydrogen) atoms. The predicted octanol–water partition coefficient (Wildman–Crippen LogP) is 1.98. The first-order valence-electron chi connectivity index (χ1n) is 4.52. The van der Waals surface area contributed by atoms with Crippen molar-refractivity contribution in [2.75, 3.05) is 5.73 Å². The van der Waals surface area contributed by atoms with E-state index < -0.39 is 0 Å². The SMILES string of the molecule is Cc1ccc(N)c(-c2nccn2C)c1. The van der Waals surface area contributed by atoms with Gasteiger partial charge in [0, 0.05) is 30.7 Å². The average molecular weight is 187 g/mol. The standard InChI is InChI=1S/C11H13N3/c1-8-3-4-10(12)9(7-8)11-13-5-6-14(11)2/h3-7H,12H2,1-2H3. The third-order valence-corrected chi connectivity index (χ3v) is 2.27. The molecular formula is C11H13N3. The van der Waals surface area contributed by atoms with Gasteiger partial charge in [0.2, 0.25) is 0 Å². The van der Waals surface area contributed by atoms with Crippen LogP contribution >= 0.6 is 0 Å². The number of hydrogen-bond donors (Lipinski definition) is 1. The molecule has 0 aliphatic carbocycles. The number of imidazole rings is 1. The number of nitrogens with zero attached hydrogens (tertiary/aromatic N) is 2. The fourth-order valence-corrected chi connectivity index (χ4v) is 1.49. The largest absolute Gasteiger partial charge is 0.398 e. The van der Waals surface area contributed by atoms with Gasteiger partial charge in [0.05, 0.1) is 0 Å². The van der Waals surface area contributed by atoms with Crippen LogP contribution in [0.15, 0.2) is 30.6 Å². The van der Waals surface area contributed by atoms with Crippen LogP contribution in [0.5, 0.6) is 0 Å². The normalized spacial score (nSPS) is 10.4. The molecule has 0 amide bonds. The fraction of sp³-hybridized carbons (Fsp3) is 0.182. The molecule has 72 valence electrons. The molecule has 3 heteroatoms. The lowest BCUT2D eigenvalue weighted by atomic mass is 10.1. The summed E-state index contributed by atoms with van der Waals surface area (Å²) >= 11 is 0. The van der Waals surface area contributed by atoms with E-state index in [-0.39, 0.29) is 0 Å². The summed E-state index contributed by atoms with van der Waals surface area (Å²) in [6.07, 6.45) is 3.69. The van der Waals surface area contributed by atoms with E-state index in [0.717, 1.165) is 17.1 Å². The first-order chi connectivity index (χ1) is 6.68. The predicted molar refractivity (Wildman–Crippen MR) is 57.8 cm³/mol. The van der Waals surface area contributed by atoms with Crippen molar-refractivity contribution in [3.8, 4) is 11.4 Å². The van der Waals surface area contributed by atoms with E-state index in [1.54, 1.807) is 6.20 Å². The van der Waals surface area contributed by atoms with E-state index >= 15 is 0 Å². The van der Waals surface area contributed by atoms with Gasteiger partial charge in [0.25, 0.3) is 0 Å². The third kappa shape index (κ3) is 1.37. The Morgan fingerprint density at radius 3 is 2.79 bits per heavy atom. The maximum Gasteiger partial charge on any atom is 0.141 e. The number of hydrogen-bond acceptors (Lipinski definition) is 2. The second kappa shape index (κ2) is 3.18. The first-order valence-corrected chi connectivity index (χ1v) is 4.52. The Balaban J connectivity index is 2.62. The molecule has 0 aliphatic rings. The summed E-state index contributed by atoms with van der Waals surface area (Å²) in [5.41, 5.74) is 8.85. The Morgan fingerprint density at radius 1 is 1.36 bits per heavy atom. The molecule has 0 saturated heterocycles. The monoisotopic (exact) mass is 187 g/mol. The molecule has 0 fully saturated rings. The topological polar surface area (TPSA) is 43.8 Å². The average Bonchev–Trinajstić information content (AvgIpc) is 2.56. The summed E-state index contributed by atoms with van der Waals surface area (Å²) in [6.45, 7) is 2.05. The van der Waals surface area contributed by atoms with Crippen LogP contribution in [0.25, 0.3) is 11.4 Å². The van der Waals surface area contributed by atoms with Crippen molar-refractivity contribution >= 4 is 5.69 Å². The van der Waals surface area contributed by atoms with Crippen molar-refractivity contribution in [3.05, 3.63) is 36.2 Å². The van der Waals surface area contributed by atoms with Crippen molar-refractivity contribution in [1.82, 2.24) is 9.55 Å². The van der Waals surface area contributed by atoms with Crippen LogP contribution in [0.3, 0.4) is 0 Å². The molecular weight excluding hydrogens is 174 g/mol. The highest BCUT2D eigenvalue weighted by Crippen LogP contribution is 2.24. The second-order valence-electron chi connectivity index (χ2n) is 3.45. The highest BCUT2D eigenvalue weighted by Gasteiger charge is 2.06. The molecule has 2 N–H and O–H groups in total. The summed E-state index contributed by atoms with van der Waals surface area (Å²) in [7, 11) is 1.96. The minimum atomic E-state index is 0.768. The lowest BCUT2D eigenvalue weighted by Gasteiger charge is -2.06. The zero-order chi connectivity index (χ0) is 10.1. The van der Waals surface area contributed by atoms with Crippen molar-refractivity contribution in [2.45, 2.75) is 6.92 Å². The molecule has 0 unspecified atom stereocenters. The number of aromatic nitrogens is 2. The Kier molecular flexibility index (Phi) is 2.00. The highest BCUT2D eigenvalue weighted by molar-refractivity contribution is 5.72. The minimum absolute atomic E-state index is 0.768. The van der Waals surface area contributed by atoms with Gasteiger partial charge >= 0.3 is 0 Å². The smallest absolute Gasteiger partial charge is 0.141 e. The van der Waals surface area contributed by atoms with Gasteiger partial charge in [-0.25, -0.2) is 4.98 Å². The summed E-state index contributed by atoms with van der Waals surface area (Å²) < 4.78 is 1.96. The summed E-state index contributed by atoms with van der Waals surface area (Å²) in [4.78, 5) is 4.27. The lowest BCUT2D eigenvalue weighted by molar-refractivity contribution is 0.925. The van der Waals surface area contributed by atoms with Crippen molar-refractivity contribution < 1.29 is 0 Å². The van der Waals surface area contributed by atoms with E-state index in [9.17, 15) is 0 Å². The van der Waals surface area contributed by atoms with Crippen LogP contribution in [0.2, 0.25) is 0 Å². The Hall–Kier alpha value is -1.77. The van der Waals surface area contributed by atoms with E-state index in [1.807, 2.05) is 36.9 Å². The quantitative estimate of drug-likeness (QED) is 0.694. The fourth-order valence-electron chi connectivity index (χ4n) is 1.49. The number of benzene rings is 1. The molecule has 0 saturated carbocycles. The first kappa shape index (κ1) is 8.81. The van der Waals surface area contributed by atoms with Crippen molar-refractivity contribution in [3.63, 3.8) is 0 Å². The van der Waals surface area contributed by atoms with Gasteiger partial charge in [-0.1, -0.05) is 11.6 Å². The van der Waals surface area contributed by atoms with Crippen LogP contribution in [-0.2, 0) is 7.05 Å². The van der Waals surface area contributed by atoms with Gasteiger partial charge in [-0.05, 0) is 19.1 Å². The van der Waals surface area contributed by atoms with Gasteiger partial charge in [-0.2, -0.15) is 0 Å². The molecule has 2 aromatic rings. The zero-order valence-electron chi connectivity index (χ0n) is 8.36. The van der Waals surface area contributed by atoms with Crippen LogP contribution in [-0.4, -0.2) is 9.55 Å². The molecule has 1 aromatic carbocycles. The second-order valence-corrected chi connectivity index (χ2v) is 3.45. The molecule has 1 aromatic heterocycles. The van der Waals surface area contributed by atoms with Crippen molar-refractivity contribution in [1.29, 1.82) is 0 Å². The molecule has 0 atom stereocenters. The number of anilines is 1. The van der Waals surface area contributed by atoms with Gasteiger partial charge in [-0.3, -0.25) is 0 Å². The van der Waals surface area contributed by atoms with E-state index in [0.29, 0.717) is 0 Å². The number of aryl methyl sites for hydroxylation is 2. The van der Waals surface area contributed by atoms with Gasteiger partial charge in [-0.15, -0.1) is 0 Å². The molecule has 1 heterocycles. The van der Waals surface area contributed by atoms with Crippen LogP contribution in [0, 0.1) is 6.92 Å². The van der Waals surface area contributed by atoms with E-state index in [2.05, 4.69) is 11.1 Å². The maximum atomic E-state index is 5.90. The summed E-state index contributed by atoms with van der Waals surface area (Å²) in [6, 6.07) is 5.97. The summed E-state index contributed by atoms with van der Waals surface area (Å²) in [5, 5.41) is 0. The van der Waals surface area contributed by atoms with Crippen LogP contribution in [0.1, 0.15) is 5.56 Å². The van der Waals surface area contributed by atoms with Crippen LogP contribution < -0.4 is 5.73 Å². The van der Waals surface area contributed by atoms with Crippen molar-refractivity contribution in [2.24, 2.45) is 7.05 Å². The highest BCUT2D eigenvalue weighted by atomic mass is 15.0. The molecule has 3 nitrogen and oxygen atoms in total. The Labute approximate surface area is 83.2 Å². The molecule has 0 aliphatic heterocycles. The third-order valence-electron chi connectivity index (χ3n) is 2.27. The summed E-state index contributed by atoms with van der Waals surface area (Å²) in [5.74, 6) is 0.909. The number of nitrogens with two attached hydrogens (primary N) is 1. The van der Waals surface area contributed by atoms with Gasteiger partial charge in [0.15, 0.2) is 0 Å². The molecule has 0 spiro atoms. The van der Waals surface area contributed by atoms with E-state index in [4.69, 9.17) is 5.73 Å². The molecule has 0 radical (unpaired) electrons. The van der Waals surface area contributed by atoms with Gasteiger partial charge in [0.1, 0.15) is 5.82 Å². The minimum Gasteiger partial charge on any atom is -0.398 e. The molecule has 0 bridgehead atoms. The number of rotatable bonds is 1. The zero-order valence-corrected chi connectivity index (χ0v) is 8.36. The maximum absolute atomic E-state index is 5.90. The Morgan fingerprint density at radius 2 is 2.14 bits per heavy atom. The molecule has 2 rings (SSSR count). The number of nitrogen functional groups attached to an aromatic ring is 1. The van der Waals surface area contributed by atoms with E-state index in [1.165, 1.54) is 5.56 Å². The van der Waals surface area contributed by atoms with Crippen LogP contribution in [0.4, 0.5) is 5.69 Å².